The van der Waals surface area contributed by atoms with Crippen molar-refractivity contribution >= 4 is 83.8 Å². The fourth-order valence-corrected chi connectivity index (χ4v) is 0. The van der Waals surface area contributed by atoms with E-state index in [1.807, 2.05) is 0 Å². The first-order valence-electron chi connectivity index (χ1n) is 1.41. The van der Waals surface area contributed by atoms with Crippen molar-refractivity contribution < 1.29 is 35.6 Å². The van der Waals surface area contributed by atoms with Gasteiger partial charge in [0.25, 0.3) is 0 Å². The van der Waals surface area contributed by atoms with Gasteiger partial charge in [-0.1, -0.05) is 0 Å². The van der Waals surface area contributed by atoms with Crippen LogP contribution in [0.3, 0.4) is 0 Å². The van der Waals surface area contributed by atoms with E-state index in [-0.39, 0.29) is 74.6 Å². The molecule has 0 atom stereocenters. The van der Waals surface area contributed by atoms with Gasteiger partial charge in [0.1, 0.15) is 0 Å². The summed E-state index contributed by atoms with van der Waals surface area (Å²) in [6.45, 7) is 0. The molecule has 56 valence electrons. The third-order valence-corrected chi connectivity index (χ3v) is 0. The molecule has 12 heteroatoms. The minimum Gasteiger partial charge on any atom is -0.907 e. The van der Waals surface area contributed by atoms with Gasteiger partial charge in [-0.2, -0.15) is 0 Å². The van der Waals surface area contributed by atoms with Gasteiger partial charge >= 0.3 is 69.2 Å². The zero-order valence-electron chi connectivity index (χ0n) is 6.23. The summed E-state index contributed by atoms with van der Waals surface area (Å²) in [7, 11) is -5.83. The van der Waals surface area contributed by atoms with E-state index in [2.05, 4.69) is 0 Å². The fourth-order valence-electron chi connectivity index (χ4n) is 0. The third-order valence-electron chi connectivity index (χ3n) is 0. The summed E-state index contributed by atoms with van der Waals surface area (Å²) in [5, 5.41) is 50.5. The zero-order valence-corrected chi connectivity index (χ0v) is 10.5. The van der Waals surface area contributed by atoms with E-state index in [9.17, 15) is 0 Å². The van der Waals surface area contributed by atoms with Gasteiger partial charge in [-0.3, -0.25) is 14.6 Å². The molecule has 0 unspecified atom stereocenters. The molecule has 7 nitrogen and oxygen atoms in total. The van der Waals surface area contributed by atoms with E-state index in [0.717, 1.165) is 0 Å². The first-order valence-corrected chi connectivity index (χ1v) is 1.41. The Morgan fingerprint density at radius 3 is 0.500 bits per heavy atom. The number of hydrogen-bond donors (Lipinski definition) is 0. The van der Waals surface area contributed by atoms with Crippen molar-refractivity contribution in [1.82, 2.24) is 0 Å². The van der Waals surface area contributed by atoms with E-state index >= 15 is 0 Å². The van der Waals surface area contributed by atoms with Crippen molar-refractivity contribution in [1.29, 1.82) is 0 Å². The Hall–Kier alpha value is 2.15. The largest absolute Gasteiger partial charge is 2.00 e. The molecule has 0 heterocycles. The van der Waals surface area contributed by atoms with E-state index in [4.69, 9.17) is 30.1 Å². The molecule has 0 amide bonds. The predicted molar refractivity (Wildman–Crippen MR) is 32.4 cm³/mol. The smallest absolute Gasteiger partial charge is 0.907 e. The number of hydrogen-bond acceptors (Lipinski definition) is 6. The molecule has 0 spiro atoms. The topological polar surface area (TPSA) is 170 Å². The summed E-state index contributed by atoms with van der Waals surface area (Å²) in [4.78, 5) is 0. The molecule has 0 aliphatic rings. The Labute approximate surface area is 118 Å². The molecule has 0 saturated carbocycles. The molecule has 0 aliphatic heterocycles. The van der Waals surface area contributed by atoms with Crippen molar-refractivity contribution in [3.8, 4) is 0 Å². The van der Waals surface area contributed by atoms with Crippen molar-refractivity contribution in [2.45, 2.75) is 0 Å². The molecular formula is H2B2Mg3O7. The minimum atomic E-state index is -2.92. The SMILES string of the molecule is O.[Mg+2].[Mg+2].[Mg+2].[O-]B([O-])[O-].[O-]B([O-])[O-]. The van der Waals surface area contributed by atoms with Crippen molar-refractivity contribution in [3.05, 3.63) is 0 Å². The summed E-state index contributed by atoms with van der Waals surface area (Å²) < 4.78 is 0. The minimum absolute atomic E-state index is 0. The quantitative estimate of drug-likeness (QED) is 0.358. The molecule has 2 N–H and O–H groups in total. The van der Waals surface area contributed by atoms with Crippen LogP contribution in [-0.2, 0) is 0 Å². The average molecular weight is 209 g/mol. The molecule has 0 aromatic heterocycles. The van der Waals surface area contributed by atoms with Gasteiger partial charge in [-0.15, -0.1) is 0 Å². The molecule has 0 aliphatic carbocycles. The second kappa shape index (κ2) is 29.2. The Balaban J connectivity index is -0.0000000112. The monoisotopic (exact) mass is 208 g/mol. The van der Waals surface area contributed by atoms with Crippen LogP contribution in [0.25, 0.3) is 0 Å². The van der Waals surface area contributed by atoms with Crippen LogP contribution >= 0.6 is 0 Å². The van der Waals surface area contributed by atoms with Crippen LogP contribution in [0.4, 0.5) is 0 Å². The van der Waals surface area contributed by atoms with Crippen molar-refractivity contribution in [2.75, 3.05) is 0 Å². The average Bonchev–Trinajstić information content (AvgIpc) is 1.25. The number of rotatable bonds is 0. The molecule has 0 radical (unpaired) electrons. The Kier molecular flexibility index (Phi) is 89.7. The molecule has 0 saturated heterocycles. The van der Waals surface area contributed by atoms with Crippen molar-refractivity contribution in [3.63, 3.8) is 0 Å². The predicted octanol–water partition coefficient (Wildman–Crippen LogP) is -9.86. The van der Waals surface area contributed by atoms with E-state index < -0.39 is 14.6 Å². The summed E-state index contributed by atoms with van der Waals surface area (Å²) in [5.41, 5.74) is 0. The van der Waals surface area contributed by atoms with Crippen LogP contribution in [0, 0.1) is 0 Å². The van der Waals surface area contributed by atoms with Crippen LogP contribution in [0.1, 0.15) is 0 Å². The molecule has 0 rings (SSSR count). The van der Waals surface area contributed by atoms with Crippen LogP contribution in [0.2, 0.25) is 0 Å². The van der Waals surface area contributed by atoms with Crippen molar-refractivity contribution in [2.24, 2.45) is 0 Å². The normalized spacial score (nSPS) is 4.50. The summed E-state index contributed by atoms with van der Waals surface area (Å²) >= 11 is 0. The fraction of sp³-hybridized carbons (Fsp3) is 0. The van der Waals surface area contributed by atoms with Crippen LogP contribution in [0.5, 0.6) is 0 Å². The van der Waals surface area contributed by atoms with Gasteiger partial charge in [-0.25, -0.2) is 0 Å². The maximum Gasteiger partial charge on any atom is 2.00 e. The van der Waals surface area contributed by atoms with Gasteiger partial charge in [-0.05, 0) is 0 Å². The summed E-state index contributed by atoms with van der Waals surface area (Å²) in [5.74, 6) is 0. The van der Waals surface area contributed by atoms with Gasteiger partial charge < -0.3 is 35.6 Å². The molecule has 0 fully saturated rings. The molecule has 0 aromatic carbocycles. The Morgan fingerprint density at radius 2 is 0.500 bits per heavy atom. The second-order valence-electron chi connectivity index (χ2n) is 0.577. The summed E-state index contributed by atoms with van der Waals surface area (Å²) in [6, 6.07) is 0. The van der Waals surface area contributed by atoms with Gasteiger partial charge in [0, 0.05) is 0 Å². The van der Waals surface area contributed by atoms with Crippen LogP contribution < -0.4 is 30.1 Å². The first-order chi connectivity index (χ1) is 3.46. The molecule has 0 aromatic rings. The molecular weight excluding hydrogens is 207 g/mol. The van der Waals surface area contributed by atoms with E-state index in [1.165, 1.54) is 0 Å². The third kappa shape index (κ3) is 327. The maximum atomic E-state index is 8.42. The Morgan fingerprint density at radius 1 is 0.500 bits per heavy atom. The van der Waals surface area contributed by atoms with E-state index in [1.54, 1.807) is 0 Å². The van der Waals surface area contributed by atoms with Gasteiger partial charge in [0.2, 0.25) is 0 Å². The van der Waals surface area contributed by atoms with E-state index in [0.29, 0.717) is 0 Å². The standard InChI is InChI=1S/2BO3.3Mg.H2O/c2*2-1(3)4;;;;/h;;;;;1H2/q2*-3;3*+2;. The summed E-state index contributed by atoms with van der Waals surface area (Å²) in [6.07, 6.45) is 0. The first kappa shape index (κ1) is 36.8. The maximum absolute atomic E-state index is 8.42. The zero-order chi connectivity index (χ0) is 7.15. The second-order valence-corrected chi connectivity index (χ2v) is 0.577. The van der Waals surface area contributed by atoms with Gasteiger partial charge in [0.15, 0.2) is 0 Å². The Bertz CT molecular complexity index is 32.1. The molecule has 0 bridgehead atoms. The molecule has 12 heavy (non-hydrogen) atoms. The van der Waals surface area contributed by atoms with Gasteiger partial charge in [0.05, 0.1) is 0 Å². The van der Waals surface area contributed by atoms with Crippen LogP contribution in [0.15, 0.2) is 0 Å². The van der Waals surface area contributed by atoms with Crippen LogP contribution in [-0.4, -0.2) is 89.3 Å².